The van der Waals surface area contributed by atoms with Crippen molar-refractivity contribution < 1.29 is 4.74 Å². The van der Waals surface area contributed by atoms with Gasteiger partial charge in [0, 0.05) is 22.7 Å². The highest BCUT2D eigenvalue weighted by atomic mass is 16.5. The Morgan fingerprint density at radius 3 is 2.81 bits per heavy atom. The third kappa shape index (κ3) is 2.66. The molecule has 3 heteroatoms. The number of aromatic nitrogens is 1. The number of hydrogen-bond acceptors (Lipinski definition) is 3. The van der Waals surface area contributed by atoms with Gasteiger partial charge < -0.3 is 4.74 Å². The minimum absolute atomic E-state index is 0.0985. The topological polar surface area (TPSA) is 45.9 Å². The molecule has 2 heterocycles. The third-order valence-electron chi connectivity index (χ3n) is 3.47. The van der Waals surface area contributed by atoms with Gasteiger partial charge in [0.1, 0.15) is 5.75 Å². The summed E-state index contributed by atoms with van der Waals surface area (Å²) in [5.41, 5.74) is 3.37. The van der Waals surface area contributed by atoms with Crippen LogP contribution >= 0.6 is 0 Å². The first-order valence-corrected chi connectivity index (χ1v) is 6.91. The van der Waals surface area contributed by atoms with Gasteiger partial charge in [-0.15, -0.1) is 0 Å². The average Bonchev–Trinajstić information content (AvgIpc) is 2.64. The highest BCUT2D eigenvalue weighted by Gasteiger charge is 2.25. The molecule has 0 amide bonds. The number of rotatable bonds is 1. The Morgan fingerprint density at radius 2 is 2.10 bits per heavy atom. The molecule has 0 aliphatic carbocycles. The zero-order chi connectivity index (χ0) is 14.9. The molecule has 0 radical (unpaired) electrons. The van der Waals surface area contributed by atoms with E-state index in [9.17, 15) is 0 Å². The van der Waals surface area contributed by atoms with E-state index in [1.165, 1.54) is 0 Å². The molecule has 2 aromatic rings. The normalized spacial score (nSPS) is 16.0. The Morgan fingerprint density at radius 1 is 1.24 bits per heavy atom. The van der Waals surface area contributed by atoms with E-state index in [2.05, 4.69) is 31.0 Å². The standard InChI is InChI=1S/C18H16N2O/c1-18(2)10-15(16-5-3-4-8-20-16)14-9-13(11-19)6-7-17(14)21-12-18/h3-10H,12H2,1-2H3. The molecule has 1 aliphatic heterocycles. The maximum absolute atomic E-state index is 9.14. The molecule has 1 aliphatic rings. The van der Waals surface area contributed by atoms with Crippen LogP contribution in [0.1, 0.15) is 30.7 Å². The van der Waals surface area contributed by atoms with Crippen molar-refractivity contribution in [2.45, 2.75) is 13.8 Å². The molecule has 0 bridgehead atoms. The molecule has 104 valence electrons. The van der Waals surface area contributed by atoms with E-state index in [1.807, 2.05) is 30.3 Å². The summed E-state index contributed by atoms with van der Waals surface area (Å²) in [6.45, 7) is 4.86. The van der Waals surface area contributed by atoms with E-state index in [4.69, 9.17) is 10.00 Å². The molecule has 3 rings (SSSR count). The van der Waals surface area contributed by atoms with Crippen molar-refractivity contribution in [1.29, 1.82) is 5.26 Å². The van der Waals surface area contributed by atoms with E-state index >= 15 is 0 Å². The van der Waals surface area contributed by atoms with Crippen LogP contribution in [0.3, 0.4) is 0 Å². The molecule has 0 N–H and O–H groups in total. The molecular formula is C18H16N2O. The summed E-state index contributed by atoms with van der Waals surface area (Å²) < 4.78 is 5.93. The zero-order valence-electron chi connectivity index (χ0n) is 12.1. The number of nitriles is 1. The Kier molecular flexibility index (Phi) is 3.23. The molecule has 0 saturated carbocycles. The molecule has 3 nitrogen and oxygen atoms in total. The van der Waals surface area contributed by atoms with Crippen molar-refractivity contribution in [2.75, 3.05) is 6.61 Å². The quantitative estimate of drug-likeness (QED) is 0.795. The molecule has 0 fully saturated rings. The van der Waals surface area contributed by atoms with E-state index in [0.29, 0.717) is 12.2 Å². The second-order valence-electron chi connectivity index (χ2n) is 5.87. The summed E-state index contributed by atoms with van der Waals surface area (Å²) in [6.07, 6.45) is 3.96. The van der Waals surface area contributed by atoms with Gasteiger partial charge in [-0.2, -0.15) is 5.26 Å². The van der Waals surface area contributed by atoms with Crippen LogP contribution in [0.2, 0.25) is 0 Å². The second-order valence-corrected chi connectivity index (χ2v) is 5.87. The third-order valence-corrected chi connectivity index (χ3v) is 3.47. The summed E-state index contributed by atoms with van der Waals surface area (Å²) in [7, 11) is 0. The Bertz CT molecular complexity index is 740. The molecular weight excluding hydrogens is 260 g/mol. The van der Waals surface area contributed by atoms with Gasteiger partial charge in [0.25, 0.3) is 0 Å². The lowest BCUT2D eigenvalue weighted by Gasteiger charge is -2.18. The van der Waals surface area contributed by atoms with Gasteiger partial charge in [0.2, 0.25) is 0 Å². The maximum Gasteiger partial charge on any atom is 0.127 e. The number of nitrogens with zero attached hydrogens (tertiary/aromatic N) is 2. The van der Waals surface area contributed by atoms with Crippen LogP contribution in [0.4, 0.5) is 0 Å². The minimum atomic E-state index is -0.0985. The van der Waals surface area contributed by atoms with Crippen LogP contribution in [0.15, 0.2) is 48.7 Å². The van der Waals surface area contributed by atoms with Crippen molar-refractivity contribution in [3.8, 4) is 11.8 Å². The molecule has 1 aromatic heterocycles. The maximum atomic E-state index is 9.14. The summed E-state index contributed by atoms with van der Waals surface area (Å²) >= 11 is 0. The van der Waals surface area contributed by atoms with E-state index in [0.717, 1.165) is 22.6 Å². The lowest BCUT2D eigenvalue weighted by molar-refractivity contribution is 0.225. The van der Waals surface area contributed by atoms with Crippen LogP contribution in [0.25, 0.3) is 5.57 Å². The predicted octanol–water partition coefficient (Wildman–Crippen LogP) is 3.80. The van der Waals surface area contributed by atoms with Gasteiger partial charge >= 0.3 is 0 Å². The summed E-state index contributed by atoms with van der Waals surface area (Å²) in [6, 6.07) is 13.6. The van der Waals surface area contributed by atoms with Gasteiger partial charge in [0.15, 0.2) is 0 Å². The Balaban J connectivity index is 2.24. The molecule has 0 saturated heterocycles. The van der Waals surface area contributed by atoms with E-state index in [-0.39, 0.29) is 5.41 Å². The van der Waals surface area contributed by atoms with Gasteiger partial charge in [-0.1, -0.05) is 26.0 Å². The first-order valence-electron chi connectivity index (χ1n) is 6.91. The first-order chi connectivity index (χ1) is 10.1. The summed E-state index contributed by atoms with van der Waals surface area (Å²) in [5.74, 6) is 0.802. The van der Waals surface area contributed by atoms with Crippen molar-refractivity contribution in [2.24, 2.45) is 5.41 Å². The van der Waals surface area contributed by atoms with Crippen LogP contribution in [-0.4, -0.2) is 11.6 Å². The highest BCUT2D eigenvalue weighted by Crippen LogP contribution is 2.38. The van der Waals surface area contributed by atoms with Crippen molar-refractivity contribution in [3.63, 3.8) is 0 Å². The van der Waals surface area contributed by atoms with Gasteiger partial charge in [0.05, 0.1) is 23.9 Å². The molecule has 21 heavy (non-hydrogen) atoms. The summed E-state index contributed by atoms with van der Waals surface area (Å²) in [5, 5.41) is 9.14. The monoisotopic (exact) mass is 276 g/mol. The summed E-state index contributed by atoms with van der Waals surface area (Å²) in [4.78, 5) is 4.46. The number of ether oxygens (including phenoxy) is 1. The molecule has 0 spiro atoms. The Labute approximate surface area is 124 Å². The average molecular weight is 276 g/mol. The van der Waals surface area contributed by atoms with Crippen molar-refractivity contribution in [1.82, 2.24) is 4.98 Å². The van der Waals surface area contributed by atoms with E-state index < -0.39 is 0 Å². The fourth-order valence-electron chi connectivity index (χ4n) is 2.44. The van der Waals surface area contributed by atoms with Crippen LogP contribution in [0, 0.1) is 16.7 Å². The highest BCUT2D eigenvalue weighted by molar-refractivity contribution is 5.82. The van der Waals surface area contributed by atoms with Crippen molar-refractivity contribution in [3.05, 3.63) is 65.5 Å². The molecule has 1 aromatic carbocycles. The fourth-order valence-corrected chi connectivity index (χ4v) is 2.44. The fraction of sp³-hybridized carbons (Fsp3) is 0.222. The SMILES string of the molecule is CC1(C)C=C(c2ccccn2)c2cc(C#N)ccc2OC1. The second kappa shape index (κ2) is 5.06. The number of fused-ring (bicyclic) bond motifs is 1. The largest absolute Gasteiger partial charge is 0.492 e. The van der Waals surface area contributed by atoms with Crippen LogP contribution in [-0.2, 0) is 0 Å². The van der Waals surface area contributed by atoms with Gasteiger partial charge in [-0.05, 0) is 30.3 Å². The van der Waals surface area contributed by atoms with Crippen LogP contribution in [0.5, 0.6) is 5.75 Å². The molecule has 0 atom stereocenters. The first kappa shape index (κ1) is 13.4. The van der Waals surface area contributed by atoms with Crippen molar-refractivity contribution >= 4 is 5.57 Å². The van der Waals surface area contributed by atoms with E-state index in [1.54, 1.807) is 12.3 Å². The number of pyridine rings is 1. The smallest absolute Gasteiger partial charge is 0.127 e. The number of hydrogen-bond donors (Lipinski definition) is 0. The lowest BCUT2D eigenvalue weighted by atomic mass is 9.89. The predicted molar refractivity (Wildman–Crippen MR) is 81.7 cm³/mol. The van der Waals surface area contributed by atoms with Gasteiger partial charge in [-0.25, -0.2) is 0 Å². The molecule has 0 unspecified atom stereocenters. The Hall–Kier alpha value is -2.60. The number of benzene rings is 1. The lowest BCUT2D eigenvalue weighted by Crippen LogP contribution is -2.17. The van der Waals surface area contributed by atoms with Gasteiger partial charge in [-0.3, -0.25) is 4.98 Å². The minimum Gasteiger partial charge on any atom is -0.492 e. The van der Waals surface area contributed by atoms with Crippen LogP contribution < -0.4 is 4.74 Å². The zero-order valence-corrected chi connectivity index (χ0v) is 12.1.